The molecule has 0 aliphatic heterocycles. The van der Waals surface area contributed by atoms with Gasteiger partial charge in [0.2, 0.25) is 10.0 Å². The maximum atomic E-state index is 12.6. The second-order valence-electron chi connectivity index (χ2n) is 6.24. The van der Waals surface area contributed by atoms with Crippen molar-refractivity contribution >= 4 is 27.6 Å². The van der Waals surface area contributed by atoms with Crippen LogP contribution in [0.25, 0.3) is 0 Å². The van der Waals surface area contributed by atoms with Crippen LogP contribution in [0.2, 0.25) is 0 Å². The van der Waals surface area contributed by atoms with E-state index in [1.165, 1.54) is 29.8 Å². The largest absolute Gasteiger partial charge is 0.493 e. The lowest BCUT2D eigenvalue weighted by atomic mass is 10.2. The summed E-state index contributed by atoms with van der Waals surface area (Å²) in [5.74, 6) is 1.12. The fourth-order valence-corrected chi connectivity index (χ4v) is 4.32. The quantitative estimate of drug-likeness (QED) is 0.316. The van der Waals surface area contributed by atoms with Gasteiger partial charge in [-0.15, -0.1) is 0 Å². The number of hydrogen-bond acceptors (Lipinski definition) is 8. The molecule has 0 aliphatic carbocycles. The van der Waals surface area contributed by atoms with Crippen molar-refractivity contribution in [3.63, 3.8) is 0 Å². The van der Waals surface area contributed by atoms with Gasteiger partial charge in [0.05, 0.1) is 29.8 Å². The van der Waals surface area contributed by atoms with Crippen LogP contribution in [0.4, 0.5) is 11.4 Å². The molecule has 0 spiro atoms. The standard InChI is InChI=1S/C20H26N4O6S/c1-5-23(6-2)31(27,28)16-9-10-17(18(13-16)24(25)26)22-21-14-15-8-11-19(30-7-3)20(12-15)29-4/h8-14,22H,5-7H2,1-4H3/b21-14-. The minimum absolute atomic E-state index is 0.0673. The Labute approximate surface area is 181 Å². The first-order valence-corrected chi connectivity index (χ1v) is 11.1. The smallest absolute Gasteiger partial charge is 0.295 e. The Kier molecular flexibility index (Phi) is 8.34. The number of sulfonamides is 1. The van der Waals surface area contributed by atoms with Gasteiger partial charge < -0.3 is 9.47 Å². The molecule has 2 aromatic carbocycles. The lowest BCUT2D eigenvalue weighted by Crippen LogP contribution is -2.30. The van der Waals surface area contributed by atoms with Crippen molar-refractivity contribution in [3.05, 3.63) is 52.1 Å². The molecule has 10 nitrogen and oxygen atoms in total. The number of anilines is 1. The van der Waals surface area contributed by atoms with Crippen molar-refractivity contribution in [1.29, 1.82) is 0 Å². The number of methoxy groups -OCH3 is 1. The fourth-order valence-electron chi connectivity index (χ4n) is 2.85. The van der Waals surface area contributed by atoms with E-state index in [9.17, 15) is 18.5 Å². The van der Waals surface area contributed by atoms with Gasteiger partial charge in [-0.05, 0) is 42.8 Å². The Hall–Kier alpha value is -3.18. The highest BCUT2D eigenvalue weighted by atomic mass is 32.2. The lowest BCUT2D eigenvalue weighted by molar-refractivity contribution is -0.384. The van der Waals surface area contributed by atoms with Gasteiger partial charge in [-0.2, -0.15) is 9.41 Å². The number of benzene rings is 2. The molecule has 2 rings (SSSR count). The maximum Gasteiger partial charge on any atom is 0.295 e. The third-order valence-corrected chi connectivity index (χ3v) is 6.44. The zero-order chi connectivity index (χ0) is 23.0. The fraction of sp³-hybridized carbons (Fsp3) is 0.350. The van der Waals surface area contributed by atoms with Gasteiger partial charge in [0.15, 0.2) is 11.5 Å². The van der Waals surface area contributed by atoms with Crippen LogP contribution in [-0.4, -0.2) is 50.7 Å². The normalized spacial score (nSPS) is 11.6. The molecule has 0 fully saturated rings. The first-order valence-electron chi connectivity index (χ1n) is 9.66. The predicted molar refractivity (Wildman–Crippen MR) is 119 cm³/mol. The SMILES string of the molecule is CCOc1ccc(/C=N\Nc2ccc(S(=O)(=O)N(CC)CC)cc2[N+](=O)[O-])cc1OC. The maximum absolute atomic E-state index is 12.6. The Morgan fingerprint density at radius 1 is 1.13 bits per heavy atom. The third-order valence-electron chi connectivity index (χ3n) is 4.40. The summed E-state index contributed by atoms with van der Waals surface area (Å²) in [7, 11) is -2.30. The van der Waals surface area contributed by atoms with Crippen LogP contribution >= 0.6 is 0 Å². The molecule has 2 aromatic rings. The highest BCUT2D eigenvalue weighted by Gasteiger charge is 2.25. The molecule has 0 unspecified atom stereocenters. The van der Waals surface area contributed by atoms with Crippen LogP contribution in [0.3, 0.4) is 0 Å². The number of hydrazone groups is 1. The summed E-state index contributed by atoms with van der Waals surface area (Å²) in [5.41, 5.74) is 2.95. The van der Waals surface area contributed by atoms with Crippen LogP contribution in [0.5, 0.6) is 11.5 Å². The number of nitrogens with one attached hydrogen (secondary N) is 1. The summed E-state index contributed by atoms with van der Waals surface area (Å²) in [5, 5.41) is 15.5. The van der Waals surface area contributed by atoms with Crippen molar-refractivity contribution < 1.29 is 22.8 Å². The molecule has 0 saturated heterocycles. The molecule has 168 valence electrons. The van der Waals surface area contributed by atoms with Crippen LogP contribution < -0.4 is 14.9 Å². The molecule has 31 heavy (non-hydrogen) atoms. The molecule has 0 amide bonds. The summed E-state index contributed by atoms with van der Waals surface area (Å²) in [6.45, 7) is 6.30. The Morgan fingerprint density at radius 3 is 2.42 bits per heavy atom. The minimum Gasteiger partial charge on any atom is -0.493 e. The number of hydrogen-bond donors (Lipinski definition) is 1. The second kappa shape index (κ2) is 10.7. The minimum atomic E-state index is -3.82. The molecular weight excluding hydrogens is 424 g/mol. The monoisotopic (exact) mass is 450 g/mol. The van der Waals surface area contributed by atoms with Gasteiger partial charge in [-0.3, -0.25) is 15.5 Å². The number of nitro groups is 1. The molecular formula is C20H26N4O6S. The second-order valence-corrected chi connectivity index (χ2v) is 8.18. The molecule has 11 heteroatoms. The van der Waals surface area contributed by atoms with Crippen molar-refractivity contribution in [1.82, 2.24) is 4.31 Å². The van der Waals surface area contributed by atoms with Crippen LogP contribution in [0, 0.1) is 10.1 Å². The van der Waals surface area contributed by atoms with E-state index < -0.39 is 20.6 Å². The number of nitro benzene ring substituents is 1. The Balaban J connectivity index is 2.29. The third kappa shape index (κ3) is 5.70. The summed E-state index contributed by atoms with van der Waals surface area (Å²) < 4.78 is 37.3. The highest BCUT2D eigenvalue weighted by molar-refractivity contribution is 7.89. The van der Waals surface area contributed by atoms with Crippen molar-refractivity contribution in [2.24, 2.45) is 5.10 Å². The Morgan fingerprint density at radius 2 is 1.84 bits per heavy atom. The van der Waals surface area contributed by atoms with Crippen molar-refractivity contribution in [2.45, 2.75) is 25.7 Å². The molecule has 0 saturated carbocycles. The zero-order valence-electron chi connectivity index (χ0n) is 17.9. The molecule has 0 bridgehead atoms. The van der Waals surface area contributed by atoms with Crippen molar-refractivity contribution in [2.75, 3.05) is 32.2 Å². The van der Waals surface area contributed by atoms with Gasteiger partial charge in [0, 0.05) is 19.2 Å². The topological polar surface area (TPSA) is 123 Å². The molecule has 0 atom stereocenters. The van der Waals surface area contributed by atoms with Crippen LogP contribution in [0.1, 0.15) is 26.3 Å². The van der Waals surface area contributed by atoms with Gasteiger partial charge in [0.1, 0.15) is 5.69 Å². The van der Waals surface area contributed by atoms with E-state index in [4.69, 9.17) is 9.47 Å². The van der Waals surface area contributed by atoms with E-state index in [1.807, 2.05) is 6.92 Å². The van der Waals surface area contributed by atoms with Gasteiger partial charge >= 0.3 is 0 Å². The zero-order valence-corrected chi connectivity index (χ0v) is 18.7. The van der Waals surface area contributed by atoms with Crippen LogP contribution in [-0.2, 0) is 10.0 Å². The molecule has 1 N–H and O–H groups in total. The van der Waals surface area contributed by atoms with Gasteiger partial charge in [-0.1, -0.05) is 13.8 Å². The summed E-state index contributed by atoms with van der Waals surface area (Å²) in [4.78, 5) is 10.7. The molecule has 0 heterocycles. The summed E-state index contributed by atoms with van der Waals surface area (Å²) in [6.07, 6.45) is 1.46. The van der Waals surface area contributed by atoms with Crippen LogP contribution in [0.15, 0.2) is 46.4 Å². The Bertz CT molecular complexity index is 1050. The van der Waals surface area contributed by atoms with E-state index in [1.54, 1.807) is 32.0 Å². The predicted octanol–water partition coefficient (Wildman–Crippen LogP) is 3.48. The van der Waals surface area contributed by atoms with Crippen molar-refractivity contribution in [3.8, 4) is 11.5 Å². The average molecular weight is 451 g/mol. The number of rotatable bonds is 11. The lowest BCUT2D eigenvalue weighted by Gasteiger charge is -2.18. The van der Waals surface area contributed by atoms with Gasteiger partial charge in [-0.25, -0.2) is 8.42 Å². The average Bonchev–Trinajstić information content (AvgIpc) is 2.75. The van der Waals surface area contributed by atoms with E-state index in [-0.39, 0.29) is 23.7 Å². The van der Waals surface area contributed by atoms with E-state index >= 15 is 0 Å². The first-order chi connectivity index (χ1) is 14.8. The highest BCUT2D eigenvalue weighted by Crippen LogP contribution is 2.30. The summed E-state index contributed by atoms with van der Waals surface area (Å²) >= 11 is 0. The van der Waals surface area contributed by atoms with E-state index in [0.717, 1.165) is 6.07 Å². The van der Waals surface area contributed by atoms with Gasteiger partial charge in [0.25, 0.3) is 5.69 Å². The first kappa shape index (κ1) is 24.1. The number of nitrogens with zero attached hydrogens (tertiary/aromatic N) is 3. The molecule has 0 aromatic heterocycles. The van der Waals surface area contributed by atoms with E-state index in [2.05, 4.69) is 10.5 Å². The summed E-state index contributed by atoms with van der Waals surface area (Å²) in [6, 6.07) is 8.88. The number of ether oxygens (including phenoxy) is 2. The molecule has 0 aliphatic rings. The van der Waals surface area contributed by atoms with E-state index in [0.29, 0.717) is 23.7 Å². The molecule has 0 radical (unpaired) electrons.